The van der Waals surface area contributed by atoms with Crippen molar-refractivity contribution in [2.45, 2.75) is 32.5 Å². The van der Waals surface area contributed by atoms with Gasteiger partial charge in [-0.3, -0.25) is 4.79 Å². The Morgan fingerprint density at radius 2 is 1.66 bits per heavy atom. The van der Waals surface area contributed by atoms with Crippen molar-refractivity contribution in [3.63, 3.8) is 0 Å². The van der Waals surface area contributed by atoms with E-state index in [1.165, 1.54) is 0 Å². The number of fused-ring (bicyclic) bond motifs is 1. The molecule has 4 rings (SSSR count). The number of carbonyl (C=O) groups is 1. The van der Waals surface area contributed by atoms with E-state index >= 15 is 0 Å². The Bertz CT molecular complexity index is 971. The molecule has 0 saturated carbocycles. The minimum absolute atomic E-state index is 0.0654. The third-order valence-corrected chi connectivity index (χ3v) is 5.23. The zero-order valence-corrected chi connectivity index (χ0v) is 16.7. The molecule has 1 aliphatic rings. The second-order valence-corrected chi connectivity index (χ2v) is 7.26. The molecular weight excluding hydrogens is 360 g/mol. The van der Waals surface area contributed by atoms with Crippen LogP contribution in [-0.2, 0) is 6.61 Å². The third kappa shape index (κ3) is 4.11. The number of amides is 1. The topological polar surface area (TPSA) is 41.6 Å². The molecule has 1 aliphatic heterocycles. The fourth-order valence-corrected chi connectivity index (χ4v) is 3.67. The number of nitrogens with zero attached hydrogens (tertiary/aromatic N) is 1. The van der Waals surface area contributed by atoms with Crippen molar-refractivity contribution < 1.29 is 9.53 Å². The van der Waals surface area contributed by atoms with E-state index < -0.39 is 0 Å². The molecule has 1 amide bonds. The van der Waals surface area contributed by atoms with Crippen LogP contribution in [0.2, 0.25) is 0 Å². The average molecular weight is 386 g/mol. The van der Waals surface area contributed by atoms with E-state index in [4.69, 9.17) is 4.74 Å². The van der Waals surface area contributed by atoms with E-state index in [1.807, 2.05) is 71.6 Å². The van der Waals surface area contributed by atoms with Crippen LogP contribution in [0.1, 0.15) is 47.4 Å². The number of unbranched alkanes of at least 4 members (excludes halogenated alkanes) is 1. The largest absolute Gasteiger partial charge is 0.488 e. The van der Waals surface area contributed by atoms with Gasteiger partial charge in [0, 0.05) is 17.8 Å². The summed E-state index contributed by atoms with van der Waals surface area (Å²) < 4.78 is 6.17. The number of ether oxygens (including phenoxy) is 1. The summed E-state index contributed by atoms with van der Waals surface area (Å²) in [7, 11) is 0. The van der Waals surface area contributed by atoms with Crippen LogP contribution in [0.15, 0.2) is 78.9 Å². The quantitative estimate of drug-likeness (QED) is 0.572. The molecule has 4 nitrogen and oxygen atoms in total. The molecule has 0 aliphatic carbocycles. The van der Waals surface area contributed by atoms with Gasteiger partial charge in [-0.15, -0.1) is 0 Å². The van der Waals surface area contributed by atoms with E-state index in [0.29, 0.717) is 13.2 Å². The van der Waals surface area contributed by atoms with Crippen molar-refractivity contribution in [2.24, 2.45) is 0 Å². The highest BCUT2D eigenvalue weighted by molar-refractivity contribution is 6.01. The second-order valence-electron chi connectivity index (χ2n) is 7.26. The number of rotatable bonds is 7. The summed E-state index contributed by atoms with van der Waals surface area (Å²) >= 11 is 0. The number of para-hydroxylation sites is 2. The normalized spacial score (nSPS) is 15.6. The van der Waals surface area contributed by atoms with Crippen LogP contribution < -0.4 is 10.1 Å². The first-order valence-corrected chi connectivity index (χ1v) is 10.2. The highest BCUT2D eigenvalue weighted by Crippen LogP contribution is 2.37. The van der Waals surface area contributed by atoms with E-state index in [1.54, 1.807) is 0 Å². The first-order valence-electron chi connectivity index (χ1n) is 10.2. The molecular formula is C25H26N2O2. The smallest absolute Gasteiger partial charge is 0.257 e. The molecule has 0 spiro atoms. The minimum Gasteiger partial charge on any atom is -0.488 e. The summed E-state index contributed by atoms with van der Waals surface area (Å²) in [5.41, 5.74) is 3.68. The van der Waals surface area contributed by atoms with E-state index in [9.17, 15) is 4.79 Å². The maximum atomic E-state index is 13.2. The van der Waals surface area contributed by atoms with Crippen molar-refractivity contribution in [3.8, 4) is 5.75 Å². The van der Waals surface area contributed by atoms with Crippen LogP contribution in [0.4, 0.5) is 5.69 Å². The zero-order valence-electron chi connectivity index (χ0n) is 16.7. The Kier molecular flexibility index (Phi) is 5.80. The van der Waals surface area contributed by atoms with Gasteiger partial charge in [-0.05, 0) is 30.2 Å². The van der Waals surface area contributed by atoms with Crippen LogP contribution in [-0.4, -0.2) is 17.4 Å². The number of nitrogens with one attached hydrogen (secondary N) is 1. The van der Waals surface area contributed by atoms with Crippen molar-refractivity contribution >= 4 is 11.6 Å². The van der Waals surface area contributed by atoms with Gasteiger partial charge in [-0.2, -0.15) is 0 Å². The number of hydrogen-bond donors (Lipinski definition) is 1. The van der Waals surface area contributed by atoms with Crippen molar-refractivity contribution in [3.05, 3.63) is 95.6 Å². The molecule has 1 unspecified atom stereocenters. The molecule has 0 radical (unpaired) electrons. The third-order valence-electron chi connectivity index (χ3n) is 5.23. The van der Waals surface area contributed by atoms with E-state index in [-0.39, 0.29) is 12.1 Å². The molecule has 0 bridgehead atoms. The summed E-state index contributed by atoms with van der Waals surface area (Å²) in [5.74, 6) is 0.859. The van der Waals surface area contributed by atoms with Gasteiger partial charge in [0.1, 0.15) is 18.5 Å². The summed E-state index contributed by atoms with van der Waals surface area (Å²) in [6.07, 6.45) is 1.74. The number of hydrogen-bond acceptors (Lipinski definition) is 3. The predicted molar refractivity (Wildman–Crippen MR) is 116 cm³/mol. The number of carbonyl (C=O) groups excluding carboxylic acids is 1. The Morgan fingerprint density at radius 3 is 2.48 bits per heavy atom. The van der Waals surface area contributed by atoms with Gasteiger partial charge in [0.25, 0.3) is 5.91 Å². The lowest BCUT2D eigenvalue weighted by atomic mass is 10.0. The van der Waals surface area contributed by atoms with E-state index in [2.05, 4.69) is 24.4 Å². The van der Waals surface area contributed by atoms with Crippen LogP contribution in [0.25, 0.3) is 0 Å². The van der Waals surface area contributed by atoms with Crippen molar-refractivity contribution in [2.75, 3.05) is 11.9 Å². The Labute approximate surface area is 172 Å². The fourth-order valence-electron chi connectivity index (χ4n) is 3.67. The number of anilines is 1. The molecule has 1 N–H and O–H groups in total. The monoisotopic (exact) mass is 386 g/mol. The molecule has 0 fully saturated rings. The van der Waals surface area contributed by atoms with Crippen molar-refractivity contribution in [1.82, 2.24) is 4.90 Å². The standard InChI is InChI=1S/C25H26N2O2/c1-2-3-17-27-24(26-22-15-9-7-13-20(22)25(27)28)21-14-8-10-16-23(21)29-18-19-11-5-4-6-12-19/h4-16,24,26H,2-3,17-18H2,1H3. The first-order chi connectivity index (χ1) is 14.3. The van der Waals surface area contributed by atoms with Crippen LogP contribution in [0.5, 0.6) is 5.75 Å². The average Bonchev–Trinajstić information content (AvgIpc) is 2.78. The molecule has 3 aromatic rings. The molecule has 29 heavy (non-hydrogen) atoms. The summed E-state index contributed by atoms with van der Waals surface area (Å²) in [4.78, 5) is 15.2. The lowest BCUT2D eigenvalue weighted by molar-refractivity contribution is 0.0677. The molecule has 148 valence electrons. The molecule has 1 atom stereocenters. The van der Waals surface area contributed by atoms with Gasteiger partial charge < -0.3 is 15.0 Å². The highest BCUT2D eigenvalue weighted by Gasteiger charge is 2.33. The predicted octanol–water partition coefficient (Wildman–Crippen LogP) is 5.63. The summed E-state index contributed by atoms with van der Waals surface area (Å²) in [6, 6.07) is 25.8. The lowest BCUT2D eigenvalue weighted by Crippen LogP contribution is -2.43. The van der Waals surface area contributed by atoms with Gasteiger partial charge in [0.2, 0.25) is 0 Å². The highest BCUT2D eigenvalue weighted by atomic mass is 16.5. The van der Waals surface area contributed by atoms with Gasteiger partial charge in [0.15, 0.2) is 0 Å². The molecule has 4 heteroatoms. The lowest BCUT2D eigenvalue weighted by Gasteiger charge is -2.38. The van der Waals surface area contributed by atoms with Crippen LogP contribution >= 0.6 is 0 Å². The summed E-state index contributed by atoms with van der Waals surface area (Å²) in [6.45, 7) is 3.33. The SMILES string of the molecule is CCCCN1C(=O)c2ccccc2NC1c1ccccc1OCc1ccccc1. The summed E-state index contributed by atoms with van der Waals surface area (Å²) in [5, 5.41) is 3.57. The molecule has 1 heterocycles. The second kappa shape index (κ2) is 8.82. The van der Waals surface area contributed by atoms with Gasteiger partial charge in [0.05, 0.1) is 5.56 Å². The Balaban J connectivity index is 1.65. The first kappa shape index (κ1) is 19.1. The van der Waals surface area contributed by atoms with Crippen LogP contribution in [0.3, 0.4) is 0 Å². The maximum Gasteiger partial charge on any atom is 0.257 e. The van der Waals surface area contributed by atoms with Crippen LogP contribution in [0, 0.1) is 0 Å². The Morgan fingerprint density at radius 1 is 0.931 bits per heavy atom. The van der Waals surface area contributed by atoms with Gasteiger partial charge in [-0.25, -0.2) is 0 Å². The van der Waals surface area contributed by atoms with E-state index in [0.717, 1.165) is 41.0 Å². The molecule has 0 aromatic heterocycles. The van der Waals surface area contributed by atoms with Gasteiger partial charge in [-0.1, -0.05) is 74.0 Å². The minimum atomic E-state index is -0.254. The molecule has 0 saturated heterocycles. The fraction of sp³-hybridized carbons (Fsp3) is 0.240. The van der Waals surface area contributed by atoms with Crippen molar-refractivity contribution in [1.29, 1.82) is 0 Å². The number of benzene rings is 3. The Hall–Kier alpha value is -3.27. The zero-order chi connectivity index (χ0) is 20.1. The maximum absolute atomic E-state index is 13.2. The van der Waals surface area contributed by atoms with Gasteiger partial charge >= 0.3 is 0 Å². The molecule has 3 aromatic carbocycles.